The number of ether oxygens (including phenoxy) is 2. The summed E-state index contributed by atoms with van der Waals surface area (Å²) in [4.78, 5) is 28.0. The van der Waals surface area contributed by atoms with Gasteiger partial charge in [0.25, 0.3) is 0 Å². The summed E-state index contributed by atoms with van der Waals surface area (Å²) < 4.78 is 28.2. The first kappa shape index (κ1) is 20.8. The first-order chi connectivity index (χ1) is 15.4. The zero-order valence-corrected chi connectivity index (χ0v) is 18.2. The van der Waals surface area contributed by atoms with Crippen LogP contribution < -0.4 is 10.1 Å². The van der Waals surface area contributed by atoms with Crippen LogP contribution in [-0.2, 0) is 16.1 Å². The van der Waals surface area contributed by atoms with E-state index in [1.54, 1.807) is 31.3 Å². The van der Waals surface area contributed by atoms with Gasteiger partial charge in [0.05, 0.1) is 35.4 Å². The van der Waals surface area contributed by atoms with Gasteiger partial charge in [0, 0.05) is 51.5 Å². The van der Waals surface area contributed by atoms with Gasteiger partial charge in [-0.3, -0.25) is 4.79 Å². The van der Waals surface area contributed by atoms with Crippen LogP contribution in [0.2, 0.25) is 0 Å². The summed E-state index contributed by atoms with van der Waals surface area (Å²) in [6, 6.07) is 4.45. The summed E-state index contributed by atoms with van der Waals surface area (Å²) in [5.74, 6) is 0.309. The van der Waals surface area contributed by atoms with Crippen molar-refractivity contribution in [2.75, 3.05) is 27.2 Å². The lowest BCUT2D eigenvalue weighted by Gasteiger charge is -2.26. The van der Waals surface area contributed by atoms with E-state index in [-0.39, 0.29) is 30.2 Å². The smallest absolute Gasteiger partial charge is 0.317 e. The number of nitrogens with zero attached hydrogens (tertiary/aromatic N) is 5. The summed E-state index contributed by atoms with van der Waals surface area (Å²) in [5, 5.41) is 3.23. The molecule has 1 fully saturated rings. The van der Waals surface area contributed by atoms with E-state index in [9.17, 15) is 9.18 Å². The molecule has 0 saturated carbocycles. The predicted octanol–water partition coefficient (Wildman–Crippen LogP) is 1.54. The number of nitrogens with one attached hydrogen (secondary N) is 1. The number of likely N-dealkylation sites (N-methyl/N-ethyl adjacent to an activating group) is 1. The topological polar surface area (TPSA) is 94.4 Å². The van der Waals surface area contributed by atoms with E-state index in [0.717, 1.165) is 11.3 Å². The van der Waals surface area contributed by atoms with Gasteiger partial charge in [-0.05, 0) is 19.1 Å². The second kappa shape index (κ2) is 8.10. The molecule has 4 heterocycles. The van der Waals surface area contributed by atoms with E-state index in [2.05, 4.69) is 20.3 Å². The number of fused-ring (bicyclic) bond motifs is 5. The highest BCUT2D eigenvalue weighted by atomic mass is 19.1. The van der Waals surface area contributed by atoms with Crippen molar-refractivity contribution < 1.29 is 18.7 Å². The minimum atomic E-state index is -0.396. The van der Waals surface area contributed by atoms with Crippen molar-refractivity contribution in [3.63, 3.8) is 0 Å². The number of hydrogen-bond acceptors (Lipinski definition) is 7. The highest BCUT2D eigenvalue weighted by molar-refractivity contribution is 5.92. The molecule has 0 spiro atoms. The van der Waals surface area contributed by atoms with Gasteiger partial charge in [0.15, 0.2) is 0 Å². The van der Waals surface area contributed by atoms with Crippen LogP contribution in [-0.4, -0.2) is 75.8 Å². The fourth-order valence-corrected chi connectivity index (χ4v) is 4.52. The van der Waals surface area contributed by atoms with Crippen molar-refractivity contribution >= 4 is 16.9 Å². The van der Waals surface area contributed by atoms with E-state index in [0.29, 0.717) is 42.8 Å². The Bertz CT molecular complexity index is 1180. The van der Waals surface area contributed by atoms with Gasteiger partial charge in [-0.1, -0.05) is 0 Å². The summed E-state index contributed by atoms with van der Waals surface area (Å²) in [5.41, 5.74) is 2.43. The van der Waals surface area contributed by atoms with Crippen LogP contribution in [0, 0.1) is 12.7 Å². The molecule has 0 aliphatic carbocycles. The normalized spacial score (nSPS) is 23.7. The van der Waals surface area contributed by atoms with Gasteiger partial charge in [0.1, 0.15) is 17.7 Å². The number of halogens is 1. The molecule has 1 amide bonds. The van der Waals surface area contributed by atoms with Crippen molar-refractivity contribution in [3.05, 3.63) is 36.0 Å². The molecule has 2 aliphatic heterocycles. The van der Waals surface area contributed by atoms with Crippen LogP contribution in [0.1, 0.15) is 12.2 Å². The van der Waals surface area contributed by atoms with Gasteiger partial charge < -0.3 is 24.3 Å². The number of benzene rings is 1. The molecule has 0 radical (unpaired) electrons. The highest BCUT2D eigenvalue weighted by Gasteiger charge is 2.34. The first-order valence-electron chi connectivity index (χ1n) is 10.6. The molecular weight excluding hydrogens is 415 g/mol. The average Bonchev–Trinajstić information content (AvgIpc) is 3.35. The Labute approximate surface area is 184 Å². The lowest BCUT2D eigenvalue weighted by Crippen LogP contribution is -2.45. The molecule has 168 valence electrons. The molecule has 1 saturated heterocycles. The average molecular weight is 440 g/mol. The van der Waals surface area contributed by atoms with E-state index in [1.165, 1.54) is 12.1 Å². The maximum Gasteiger partial charge on any atom is 0.317 e. The van der Waals surface area contributed by atoms with Crippen LogP contribution >= 0.6 is 0 Å². The van der Waals surface area contributed by atoms with Crippen LogP contribution in [0.5, 0.6) is 6.01 Å². The maximum atomic E-state index is 14.5. The number of amides is 1. The molecule has 2 aromatic heterocycles. The van der Waals surface area contributed by atoms with Crippen LogP contribution in [0.15, 0.2) is 24.4 Å². The van der Waals surface area contributed by atoms with E-state index >= 15 is 0 Å². The van der Waals surface area contributed by atoms with E-state index in [4.69, 9.17) is 9.47 Å². The Balaban J connectivity index is 1.68. The predicted molar refractivity (Wildman–Crippen MR) is 115 cm³/mol. The minimum Gasteiger partial charge on any atom is -0.459 e. The molecule has 3 atom stereocenters. The zero-order valence-electron chi connectivity index (χ0n) is 18.2. The molecule has 10 heteroatoms. The third-order valence-electron chi connectivity index (χ3n) is 6.14. The van der Waals surface area contributed by atoms with Gasteiger partial charge in [-0.25, -0.2) is 14.4 Å². The molecule has 4 bridgehead atoms. The molecule has 3 aromatic rings. The fourth-order valence-electron chi connectivity index (χ4n) is 4.52. The number of rotatable bonds is 1. The molecule has 2 aliphatic rings. The largest absolute Gasteiger partial charge is 0.459 e. The SMILES string of the molecule is CO[C@@H]1CN(C)C(=O)[C@@H]2CC(CN2)Oc2nccc(n2)-c2cc(F)cc3nc(C)n(c23)C1. The highest BCUT2D eigenvalue weighted by Crippen LogP contribution is 2.31. The maximum absolute atomic E-state index is 14.5. The molecule has 1 unspecified atom stereocenters. The molecule has 1 aromatic carbocycles. The lowest BCUT2D eigenvalue weighted by atomic mass is 10.1. The Morgan fingerprint density at radius 3 is 2.94 bits per heavy atom. The number of carbonyl (C=O) groups is 1. The quantitative estimate of drug-likeness (QED) is 0.613. The summed E-state index contributed by atoms with van der Waals surface area (Å²) >= 11 is 0. The number of carbonyl (C=O) groups excluding carboxylic acids is 1. The van der Waals surface area contributed by atoms with Crippen molar-refractivity contribution in [1.82, 2.24) is 29.7 Å². The fraction of sp³-hybridized carbons (Fsp3) is 0.455. The van der Waals surface area contributed by atoms with Crippen LogP contribution in [0.3, 0.4) is 0 Å². The van der Waals surface area contributed by atoms with Crippen molar-refractivity contribution in [2.45, 2.75) is 38.1 Å². The minimum absolute atomic E-state index is 0.0161. The standard InChI is InChI=1S/C22H25FN6O3/c1-12-26-18-7-13(23)6-16-17-4-5-24-22(27-17)32-14-8-19(25-9-14)21(30)28(2)10-15(31-3)11-29(12)20(16)18/h4-7,14-15,19,25H,8-11H2,1-3H3/t14?,15-,19+/m1/s1. The first-order valence-corrected chi connectivity index (χ1v) is 10.6. The Hall–Kier alpha value is -3.11. The van der Waals surface area contributed by atoms with E-state index < -0.39 is 5.82 Å². The Morgan fingerprint density at radius 2 is 2.12 bits per heavy atom. The molecule has 9 nitrogen and oxygen atoms in total. The van der Waals surface area contributed by atoms with Crippen molar-refractivity contribution in [2.24, 2.45) is 0 Å². The summed E-state index contributed by atoms with van der Waals surface area (Å²) in [6.45, 7) is 3.24. The number of methoxy groups -OCH3 is 1. The van der Waals surface area contributed by atoms with Gasteiger partial charge in [-0.2, -0.15) is 4.98 Å². The zero-order chi connectivity index (χ0) is 22.4. The van der Waals surface area contributed by atoms with Crippen molar-refractivity contribution in [3.8, 4) is 17.3 Å². The van der Waals surface area contributed by atoms with Crippen molar-refractivity contribution in [1.29, 1.82) is 0 Å². The second-order valence-corrected chi connectivity index (χ2v) is 8.33. The summed E-state index contributed by atoms with van der Waals surface area (Å²) in [7, 11) is 3.40. The number of aromatic nitrogens is 4. The lowest BCUT2D eigenvalue weighted by molar-refractivity contribution is -0.133. The third-order valence-corrected chi connectivity index (χ3v) is 6.14. The number of imidazole rings is 1. The molecule has 5 rings (SSSR count). The second-order valence-electron chi connectivity index (χ2n) is 8.33. The Kier molecular flexibility index (Phi) is 5.26. The molecular formula is C22H25FN6O3. The number of hydrogen-bond donors (Lipinski definition) is 1. The van der Waals surface area contributed by atoms with Crippen LogP contribution in [0.25, 0.3) is 22.3 Å². The molecule has 1 N–H and O–H groups in total. The van der Waals surface area contributed by atoms with Gasteiger partial charge in [0.2, 0.25) is 5.91 Å². The van der Waals surface area contributed by atoms with E-state index in [1.807, 2.05) is 11.5 Å². The van der Waals surface area contributed by atoms with Gasteiger partial charge >= 0.3 is 6.01 Å². The van der Waals surface area contributed by atoms with Crippen LogP contribution in [0.4, 0.5) is 4.39 Å². The third kappa shape index (κ3) is 3.69. The summed E-state index contributed by atoms with van der Waals surface area (Å²) in [6.07, 6.45) is 1.59. The Morgan fingerprint density at radius 1 is 1.28 bits per heavy atom. The van der Waals surface area contributed by atoms with Gasteiger partial charge in [-0.15, -0.1) is 0 Å². The monoisotopic (exact) mass is 440 g/mol. The molecule has 32 heavy (non-hydrogen) atoms. The number of aryl methyl sites for hydroxylation is 1.